The maximum absolute atomic E-state index is 12.1. The molecule has 0 aliphatic heterocycles. The second-order valence-electron chi connectivity index (χ2n) is 5.04. The number of fused-ring (bicyclic) bond motifs is 1. The molecule has 0 unspecified atom stereocenters. The van der Waals surface area contributed by atoms with Gasteiger partial charge in [-0.25, -0.2) is 5.43 Å². The number of nitrogen functional groups attached to an aromatic ring is 1. The minimum atomic E-state index is -0.507. The standard InChI is InChI=1S/C13H11Cl3N4O/c14-8-10(17)9(15)12(16)18-11(8)13(21)20-19-7-4-5-2-1-3-6(5)7/h1-2,5-6H,3-4H2,(H2,17,18)(H,20,21)/p+1/b19-7-/t5-,6+/m0/s1. The van der Waals surface area contributed by atoms with Crippen molar-refractivity contribution in [1.82, 2.24) is 5.43 Å². The van der Waals surface area contributed by atoms with Crippen LogP contribution in [0.1, 0.15) is 23.3 Å². The Labute approximate surface area is 136 Å². The van der Waals surface area contributed by atoms with E-state index < -0.39 is 5.91 Å². The molecular formula is C13H12Cl3N4O+. The maximum atomic E-state index is 12.1. The first-order valence-corrected chi connectivity index (χ1v) is 7.51. The van der Waals surface area contributed by atoms with Gasteiger partial charge in [0.2, 0.25) is 0 Å². The number of amides is 1. The highest BCUT2D eigenvalue weighted by atomic mass is 35.5. The molecule has 4 N–H and O–H groups in total. The van der Waals surface area contributed by atoms with E-state index in [1.165, 1.54) is 0 Å². The van der Waals surface area contributed by atoms with Gasteiger partial charge in [-0.15, -0.1) is 0 Å². The van der Waals surface area contributed by atoms with Crippen molar-refractivity contribution in [3.63, 3.8) is 0 Å². The van der Waals surface area contributed by atoms with E-state index >= 15 is 0 Å². The number of halogens is 3. The van der Waals surface area contributed by atoms with Crippen LogP contribution < -0.4 is 16.1 Å². The average Bonchev–Trinajstić information content (AvgIpc) is 2.82. The molecule has 2 atom stereocenters. The molecule has 2 aliphatic rings. The van der Waals surface area contributed by atoms with Crippen molar-refractivity contribution < 1.29 is 9.78 Å². The molecule has 0 aromatic carbocycles. The summed E-state index contributed by atoms with van der Waals surface area (Å²) in [6, 6.07) is 0. The van der Waals surface area contributed by atoms with E-state index in [0.717, 1.165) is 18.6 Å². The van der Waals surface area contributed by atoms with Gasteiger partial charge in [-0.1, -0.05) is 35.4 Å². The highest BCUT2D eigenvalue weighted by molar-refractivity contribution is 6.45. The van der Waals surface area contributed by atoms with Gasteiger partial charge in [0, 0.05) is 11.6 Å². The van der Waals surface area contributed by atoms with Crippen molar-refractivity contribution in [3.8, 4) is 0 Å². The Balaban J connectivity index is 1.76. The highest BCUT2D eigenvalue weighted by Gasteiger charge is 2.38. The number of allylic oxidation sites excluding steroid dienone is 2. The number of aromatic amines is 1. The third kappa shape index (κ3) is 2.50. The lowest BCUT2D eigenvalue weighted by Crippen LogP contribution is -2.36. The second-order valence-corrected chi connectivity index (χ2v) is 6.17. The van der Waals surface area contributed by atoms with Crippen LogP contribution in [0.3, 0.4) is 0 Å². The van der Waals surface area contributed by atoms with Gasteiger partial charge < -0.3 is 5.73 Å². The summed E-state index contributed by atoms with van der Waals surface area (Å²) in [7, 11) is 0. The molecule has 0 saturated heterocycles. The Morgan fingerprint density at radius 3 is 2.86 bits per heavy atom. The number of nitrogens with two attached hydrogens (primary N) is 1. The molecular weight excluding hydrogens is 335 g/mol. The Morgan fingerprint density at radius 1 is 1.38 bits per heavy atom. The largest absolute Gasteiger partial charge is 0.396 e. The summed E-state index contributed by atoms with van der Waals surface area (Å²) >= 11 is 17.7. The van der Waals surface area contributed by atoms with E-state index in [-0.39, 0.29) is 26.6 Å². The molecule has 0 spiro atoms. The molecule has 1 heterocycles. The minimum Gasteiger partial charge on any atom is -0.396 e. The van der Waals surface area contributed by atoms with Gasteiger partial charge in [-0.2, -0.15) is 10.1 Å². The number of H-pyrrole nitrogens is 1. The quantitative estimate of drug-likeness (QED) is 0.490. The number of nitrogens with zero attached hydrogens (tertiary/aromatic N) is 1. The van der Waals surface area contributed by atoms with E-state index in [1.54, 1.807) is 0 Å². The number of hydrogen-bond acceptors (Lipinski definition) is 3. The maximum Gasteiger partial charge on any atom is 0.337 e. The number of hydrazone groups is 1. The van der Waals surface area contributed by atoms with Gasteiger partial charge in [0.1, 0.15) is 10.0 Å². The first kappa shape index (κ1) is 14.6. The Bertz CT molecular complexity index is 686. The lowest BCUT2D eigenvalue weighted by molar-refractivity contribution is -0.379. The summed E-state index contributed by atoms with van der Waals surface area (Å²) < 4.78 is 0. The van der Waals surface area contributed by atoms with Gasteiger partial charge in [-0.05, 0) is 30.4 Å². The van der Waals surface area contributed by atoms with Crippen LogP contribution in [0.4, 0.5) is 5.69 Å². The zero-order chi connectivity index (χ0) is 15.1. The molecule has 8 heteroatoms. The molecule has 0 radical (unpaired) electrons. The Hall–Kier alpha value is -1.30. The van der Waals surface area contributed by atoms with Gasteiger partial charge >= 0.3 is 5.91 Å². The van der Waals surface area contributed by atoms with Crippen LogP contribution in [0.5, 0.6) is 0 Å². The molecule has 0 bridgehead atoms. The van der Waals surface area contributed by atoms with E-state index in [0.29, 0.717) is 11.8 Å². The van der Waals surface area contributed by atoms with Crippen LogP contribution in [0, 0.1) is 11.8 Å². The molecule has 1 fully saturated rings. The van der Waals surface area contributed by atoms with Crippen LogP contribution in [-0.4, -0.2) is 11.6 Å². The first-order chi connectivity index (χ1) is 9.99. The zero-order valence-corrected chi connectivity index (χ0v) is 13.1. The monoisotopic (exact) mass is 345 g/mol. The number of hydrogen-bond donors (Lipinski definition) is 2. The molecule has 5 nitrogen and oxygen atoms in total. The average molecular weight is 347 g/mol. The normalized spacial score (nSPS) is 24.8. The number of rotatable bonds is 2. The summed E-state index contributed by atoms with van der Waals surface area (Å²) in [6.45, 7) is 0. The predicted octanol–water partition coefficient (Wildman–Crippen LogP) is 2.72. The van der Waals surface area contributed by atoms with Crippen molar-refractivity contribution in [2.75, 3.05) is 5.73 Å². The number of carbonyl (C=O) groups is 1. The topological polar surface area (TPSA) is 81.6 Å². The molecule has 21 heavy (non-hydrogen) atoms. The summed E-state index contributed by atoms with van der Waals surface area (Å²) in [5, 5.41) is 4.32. The smallest absolute Gasteiger partial charge is 0.337 e. The summed E-state index contributed by atoms with van der Waals surface area (Å²) in [5.41, 5.74) is 9.25. The molecule has 1 saturated carbocycles. The predicted molar refractivity (Wildman–Crippen MR) is 82.7 cm³/mol. The van der Waals surface area contributed by atoms with Crippen molar-refractivity contribution in [2.45, 2.75) is 12.8 Å². The van der Waals surface area contributed by atoms with Crippen LogP contribution in [-0.2, 0) is 0 Å². The number of anilines is 1. The highest BCUT2D eigenvalue weighted by Crippen LogP contribution is 2.40. The number of carbonyl (C=O) groups excluding carboxylic acids is 1. The van der Waals surface area contributed by atoms with Crippen LogP contribution >= 0.6 is 34.8 Å². The van der Waals surface area contributed by atoms with Crippen molar-refractivity contribution in [2.24, 2.45) is 16.9 Å². The molecule has 110 valence electrons. The summed E-state index contributed by atoms with van der Waals surface area (Å²) in [5.74, 6) is 0.479. The van der Waals surface area contributed by atoms with Gasteiger partial charge in [0.05, 0.1) is 5.69 Å². The fourth-order valence-corrected chi connectivity index (χ4v) is 3.18. The second kappa shape index (κ2) is 5.48. The number of aromatic nitrogens is 1. The molecule has 1 aromatic rings. The van der Waals surface area contributed by atoms with E-state index in [1.807, 2.05) is 0 Å². The van der Waals surface area contributed by atoms with E-state index in [4.69, 9.17) is 40.5 Å². The fraction of sp³-hybridized carbons (Fsp3) is 0.308. The van der Waals surface area contributed by atoms with Crippen LogP contribution in [0.15, 0.2) is 17.3 Å². The molecule has 1 amide bonds. The third-order valence-electron chi connectivity index (χ3n) is 3.81. The molecule has 3 rings (SSSR count). The summed E-state index contributed by atoms with van der Waals surface area (Å²) in [4.78, 5) is 14.7. The van der Waals surface area contributed by atoms with Crippen LogP contribution in [0.2, 0.25) is 15.2 Å². The van der Waals surface area contributed by atoms with Crippen molar-refractivity contribution in [3.05, 3.63) is 33.0 Å². The van der Waals surface area contributed by atoms with Crippen molar-refractivity contribution >= 4 is 52.1 Å². The zero-order valence-electron chi connectivity index (χ0n) is 10.8. The third-order valence-corrected chi connectivity index (χ3v) is 4.98. The Morgan fingerprint density at radius 2 is 2.14 bits per heavy atom. The molecule has 2 aliphatic carbocycles. The van der Waals surface area contributed by atoms with Gasteiger partial charge in [0.15, 0.2) is 0 Å². The first-order valence-electron chi connectivity index (χ1n) is 6.37. The lowest BCUT2D eigenvalue weighted by atomic mass is 9.74. The van der Waals surface area contributed by atoms with Gasteiger partial charge in [-0.3, -0.25) is 4.79 Å². The summed E-state index contributed by atoms with van der Waals surface area (Å²) in [6.07, 6.45) is 6.19. The number of nitrogens with one attached hydrogen (secondary N) is 2. The van der Waals surface area contributed by atoms with Crippen LogP contribution in [0.25, 0.3) is 0 Å². The van der Waals surface area contributed by atoms with E-state index in [2.05, 4.69) is 27.7 Å². The molecule has 1 aromatic heterocycles. The fourth-order valence-electron chi connectivity index (χ4n) is 2.57. The lowest BCUT2D eigenvalue weighted by Gasteiger charge is -2.31. The SMILES string of the molecule is Nc1c(Cl)c(Cl)[nH+]c(C(=O)N/N=C2/C[C@@H]3C=CC[C@@H]23)c1Cl. The van der Waals surface area contributed by atoms with E-state index in [9.17, 15) is 4.79 Å². The Kier molecular flexibility index (Phi) is 3.82. The minimum absolute atomic E-state index is 0.0242. The van der Waals surface area contributed by atoms with Gasteiger partial charge in [0.25, 0.3) is 10.8 Å². The van der Waals surface area contributed by atoms with Crippen molar-refractivity contribution in [1.29, 1.82) is 0 Å². The number of pyridine rings is 1.